The van der Waals surface area contributed by atoms with Crippen molar-refractivity contribution < 1.29 is 0 Å². The molecule has 0 amide bonds. The number of aromatic nitrogens is 4. The van der Waals surface area contributed by atoms with Gasteiger partial charge < -0.3 is 4.90 Å². The molecule has 4 rings (SSSR count). The molecule has 2 aliphatic heterocycles. The number of fused-ring (bicyclic) bond motifs is 2. The molecule has 0 spiro atoms. The number of nitrogens with zero attached hydrogens (tertiary/aromatic N) is 6. The predicted molar refractivity (Wildman–Crippen MR) is 113 cm³/mol. The molecule has 2 atom stereocenters. The molecule has 2 unspecified atom stereocenters. The summed E-state index contributed by atoms with van der Waals surface area (Å²) in [5, 5.41) is 9.69. The molecule has 0 fully saturated rings. The van der Waals surface area contributed by atoms with Crippen LogP contribution in [0.15, 0.2) is 0 Å². The summed E-state index contributed by atoms with van der Waals surface area (Å²) in [7, 11) is 8.74. The van der Waals surface area contributed by atoms with Gasteiger partial charge in [-0.3, -0.25) is 14.3 Å². The van der Waals surface area contributed by atoms with E-state index in [0.717, 1.165) is 38.9 Å². The van der Waals surface area contributed by atoms with E-state index in [1.165, 1.54) is 33.9 Å². The minimum absolute atomic E-state index is 0.483. The van der Waals surface area contributed by atoms with E-state index >= 15 is 0 Å². The Labute approximate surface area is 169 Å². The van der Waals surface area contributed by atoms with Gasteiger partial charge in [0.15, 0.2) is 0 Å². The van der Waals surface area contributed by atoms with Crippen LogP contribution in [0.2, 0.25) is 0 Å². The second-order valence-corrected chi connectivity index (χ2v) is 9.42. The van der Waals surface area contributed by atoms with Gasteiger partial charge in [0, 0.05) is 75.1 Å². The fourth-order valence-electron chi connectivity index (χ4n) is 5.33. The third-order valence-corrected chi connectivity index (χ3v) is 6.84. The lowest BCUT2D eigenvalue weighted by Gasteiger charge is -2.35. The highest BCUT2D eigenvalue weighted by molar-refractivity contribution is 5.33. The van der Waals surface area contributed by atoms with Crippen molar-refractivity contribution in [1.82, 2.24) is 29.4 Å². The molecule has 4 heterocycles. The maximum atomic E-state index is 4.85. The maximum Gasteiger partial charge on any atom is 0.0697 e. The third-order valence-electron chi connectivity index (χ3n) is 6.84. The normalized spacial score (nSPS) is 21.8. The van der Waals surface area contributed by atoms with Crippen molar-refractivity contribution in [3.05, 3.63) is 33.9 Å². The fraction of sp³-hybridized carbons (Fsp3) is 0.727. The first-order valence-corrected chi connectivity index (χ1v) is 10.7. The molecule has 154 valence electrons. The first-order chi connectivity index (χ1) is 13.3. The zero-order valence-corrected chi connectivity index (χ0v) is 18.7. The average molecular weight is 385 g/mol. The summed E-state index contributed by atoms with van der Waals surface area (Å²) in [5.74, 6) is 0.983. The van der Waals surface area contributed by atoms with Crippen LogP contribution in [0.25, 0.3) is 0 Å². The summed E-state index contributed by atoms with van der Waals surface area (Å²) in [5.41, 5.74) is 8.41. The van der Waals surface area contributed by atoms with Gasteiger partial charge in [-0.05, 0) is 32.4 Å². The van der Waals surface area contributed by atoms with Crippen molar-refractivity contribution >= 4 is 0 Å². The van der Waals surface area contributed by atoms with Crippen LogP contribution in [0, 0.1) is 0 Å². The quantitative estimate of drug-likeness (QED) is 0.813. The molecule has 0 radical (unpaired) electrons. The molecule has 28 heavy (non-hydrogen) atoms. The van der Waals surface area contributed by atoms with Gasteiger partial charge in [0.1, 0.15) is 0 Å². The molecule has 2 aromatic heterocycles. The molecule has 6 nitrogen and oxygen atoms in total. The highest BCUT2D eigenvalue weighted by Gasteiger charge is 2.32. The first-order valence-electron chi connectivity index (χ1n) is 10.7. The second kappa shape index (κ2) is 7.30. The fourth-order valence-corrected chi connectivity index (χ4v) is 5.33. The van der Waals surface area contributed by atoms with Crippen LogP contribution < -0.4 is 0 Å². The monoisotopic (exact) mass is 384 g/mol. The van der Waals surface area contributed by atoms with Crippen molar-refractivity contribution in [3.63, 3.8) is 0 Å². The van der Waals surface area contributed by atoms with E-state index in [-0.39, 0.29) is 0 Å². The van der Waals surface area contributed by atoms with Gasteiger partial charge in [0.25, 0.3) is 0 Å². The number of rotatable bonds is 4. The van der Waals surface area contributed by atoms with E-state index < -0.39 is 0 Å². The predicted octanol–water partition coefficient (Wildman–Crippen LogP) is 2.82. The molecule has 0 bridgehead atoms. The van der Waals surface area contributed by atoms with Crippen LogP contribution in [-0.2, 0) is 40.0 Å². The largest absolute Gasteiger partial charge is 0.302 e. The summed E-state index contributed by atoms with van der Waals surface area (Å²) in [4.78, 5) is 4.96. The number of hydrogen-bond acceptors (Lipinski definition) is 4. The van der Waals surface area contributed by atoms with E-state index in [0.29, 0.717) is 17.9 Å². The summed E-state index contributed by atoms with van der Waals surface area (Å²) >= 11 is 0. The minimum Gasteiger partial charge on any atom is -0.302 e. The lowest BCUT2D eigenvalue weighted by atomic mass is 9.87. The van der Waals surface area contributed by atoms with E-state index in [1.807, 2.05) is 0 Å². The Morgan fingerprint density at radius 2 is 1.71 bits per heavy atom. The van der Waals surface area contributed by atoms with Gasteiger partial charge >= 0.3 is 0 Å². The maximum absolute atomic E-state index is 4.85. The Balaban J connectivity index is 1.56. The number of hydrogen-bond donors (Lipinski definition) is 0. The number of likely N-dealkylation sites (N-methyl/N-ethyl adjacent to an activating group) is 2. The van der Waals surface area contributed by atoms with Crippen molar-refractivity contribution in [2.45, 2.75) is 71.0 Å². The topological polar surface area (TPSA) is 42.1 Å². The van der Waals surface area contributed by atoms with Crippen molar-refractivity contribution in [2.24, 2.45) is 14.1 Å². The summed E-state index contributed by atoms with van der Waals surface area (Å²) in [6.45, 7) is 10.1. The van der Waals surface area contributed by atoms with E-state index in [2.05, 4.69) is 68.1 Å². The standard InChI is InChI=1S/C22H36N6/c1-14(2)21-18-13-26(5)16(11-20(18)27(6)24-21)10-15(3)22-17-12-25(4)9-8-19(17)23-28(22)7/h14-16H,8-13H2,1-7H3. The highest BCUT2D eigenvalue weighted by Crippen LogP contribution is 2.35. The minimum atomic E-state index is 0.483. The van der Waals surface area contributed by atoms with Crippen LogP contribution in [0.3, 0.4) is 0 Å². The summed E-state index contributed by atoms with van der Waals surface area (Å²) in [6.07, 6.45) is 3.33. The third kappa shape index (κ3) is 3.30. The first kappa shape index (κ1) is 19.6. The van der Waals surface area contributed by atoms with Gasteiger partial charge in [-0.2, -0.15) is 10.2 Å². The van der Waals surface area contributed by atoms with Crippen molar-refractivity contribution in [3.8, 4) is 0 Å². The Hall–Kier alpha value is -1.66. The average Bonchev–Trinajstić information content (AvgIpc) is 3.11. The molecule has 2 aromatic rings. The van der Waals surface area contributed by atoms with Crippen LogP contribution in [0.1, 0.15) is 72.9 Å². The molecule has 6 heteroatoms. The van der Waals surface area contributed by atoms with Crippen LogP contribution in [0.4, 0.5) is 0 Å². The molecular formula is C22H36N6. The van der Waals surface area contributed by atoms with Crippen molar-refractivity contribution in [2.75, 3.05) is 20.6 Å². The summed E-state index contributed by atoms with van der Waals surface area (Å²) in [6, 6.07) is 0.546. The smallest absolute Gasteiger partial charge is 0.0697 e. The molecule has 0 saturated carbocycles. The zero-order chi connectivity index (χ0) is 20.2. The van der Waals surface area contributed by atoms with Gasteiger partial charge in [-0.1, -0.05) is 20.8 Å². The second-order valence-electron chi connectivity index (χ2n) is 9.42. The van der Waals surface area contributed by atoms with E-state index in [4.69, 9.17) is 10.2 Å². The number of aryl methyl sites for hydroxylation is 2. The van der Waals surface area contributed by atoms with Crippen LogP contribution in [-0.4, -0.2) is 56.0 Å². The molecule has 0 saturated heterocycles. The summed E-state index contributed by atoms with van der Waals surface area (Å²) < 4.78 is 4.29. The lowest BCUT2D eigenvalue weighted by molar-refractivity contribution is 0.192. The molecular weight excluding hydrogens is 348 g/mol. The SMILES string of the molecule is CC(C)c1nn(C)c2c1CN(C)C(CC(C)c1c3c(nn1C)CCN(C)C3)C2. The Bertz CT molecular complexity index is 861. The van der Waals surface area contributed by atoms with Gasteiger partial charge in [0.05, 0.1) is 11.4 Å². The van der Waals surface area contributed by atoms with Gasteiger partial charge in [0.2, 0.25) is 0 Å². The Morgan fingerprint density at radius 1 is 0.964 bits per heavy atom. The lowest BCUT2D eigenvalue weighted by Crippen LogP contribution is -2.39. The Morgan fingerprint density at radius 3 is 2.43 bits per heavy atom. The van der Waals surface area contributed by atoms with Crippen LogP contribution in [0.5, 0.6) is 0 Å². The Kier molecular flexibility index (Phi) is 5.12. The molecule has 2 aliphatic rings. The molecule has 0 aliphatic carbocycles. The van der Waals surface area contributed by atoms with Gasteiger partial charge in [-0.25, -0.2) is 0 Å². The molecule has 0 N–H and O–H groups in total. The van der Waals surface area contributed by atoms with Gasteiger partial charge in [-0.15, -0.1) is 0 Å². The van der Waals surface area contributed by atoms with E-state index in [1.54, 1.807) is 0 Å². The van der Waals surface area contributed by atoms with E-state index in [9.17, 15) is 0 Å². The van der Waals surface area contributed by atoms with Crippen molar-refractivity contribution in [1.29, 1.82) is 0 Å². The zero-order valence-electron chi connectivity index (χ0n) is 18.7. The highest BCUT2D eigenvalue weighted by atomic mass is 15.3. The molecule has 0 aromatic carbocycles. The van der Waals surface area contributed by atoms with Crippen LogP contribution >= 0.6 is 0 Å².